The maximum Gasteiger partial charge on any atom is 0.119 e. The lowest BCUT2D eigenvalue weighted by Crippen LogP contribution is -2.43. The summed E-state index contributed by atoms with van der Waals surface area (Å²) in [5.74, 6) is 3.29. The molecule has 2 fully saturated rings. The van der Waals surface area contributed by atoms with Crippen molar-refractivity contribution in [2.75, 3.05) is 18.1 Å². The standard InChI is InChI=1S/C17H25NO2S/c1-2-16(18)13-3-5-14(6-4-13)20-15-7-9-19-17(11-15)8-10-21-12-17/h3-6,15-16H,2,7-12,18H2,1H3. The highest BCUT2D eigenvalue weighted by Crippen LogP contribution is 2.39. The monoisotopic (exact) mass is 307 g/mol. The molecule has 1 aromatic rings. The minimum Gasteiger partial charge on any atom is -0.490 e. The zero-order valence-corrected chi connectivity index (χ0v) is 13.5. The molecule has 116 valence electrons. The minimum absolute atomic E-state index is 0.0814. The Labute approximate surface area is 131 Å². The molecule has 0 aromatic heterocycles. The SMILES string of the molecule is CCC(N)c1ccc(OC2CCOC3(CCSC3)C2)cc1. The van der Waals surface area contributed by atoms with Crippen molar-refractivity contribution >= 4 is 11.8 Å². The molecular weight excluding hydrogens is 282 g/mol. The quantitative estimate of drug-likeness (QED) is 0.924. The van der Waals surface area contributed by atoms with Gasteiger partial charge in [0.25, 0.3) is 0 Å². The summed E-state index contributed by atoms with van der Waals surface area (Å²) in [5, 5.41) is 0. The van der Waals surface area contributed by atoms with E-state index in [1.54, 1.807) is 0 Å². The summed E-state index contributed by atoms with van der Waals surface area (Å²) in [6.07, 6.45) is 4.42. The molecule has 0 radical (unpaired) electrons. The molecule has 0 aliphatic carbocycles. The van der Waals surface area contributed by atoms with Crippen LogP contribution in [-0.4, -0.2) is 29.8 Å². The average Bonchev–Trinajstić information content (AvgIpc) is 2.95. The van der Waals surface area contributed by atoms with Crippen molar-refractivity contribution in [1.29, 1.82) is 0 Å². The maximum absolute atomic E-state index is 6.18. The maximum atomic E-state index is 6.18. The third-order valence-electron chi connectivity index (χ3n) is 4.57. The molecule has 4 heteroatoms. The van der Waals surface area contributed by atoms with E-state index in [1.165, 1.54) is 17.7 Å². The highest BCUT2D eigenvalue weighted by atomic mass is 32.2. The number of ether oxygens (including phenoxy) is 2. The van der Waals surface area contributed by atoms with Crippen LogP contribution in [0.4, 0.5) is 0 Å². The Morgan fingerprint density at radius 2 is 2.24 bits per heavy atom. The first kappa shape index (κ1) is 15.2. The first-order valence-electron chi connectivity index (χ1n) is 7.95. The van der Waals surface area contributed by atoms with Gasteiger partial charge in [-0.15, -0.1) is 0 Å². The lowest BCUT2D eigenvalue weighted by atomic mass is 9.91. The Kier molecular flexibility index (Phi) is 4.77. The van der Waals surface area contributed by atoms with Gasteiger partial charge in [0.1, 0.15) is 11.9 Å². The van der Waals surface area contributed by atoms with E-state index in [-0.39, 0.29) is 17.7 Å². The van der Waals surface area contributed by atoms with E-state index in [9.17, 15) is 0 Å². The summed E-state index contributed by atoms with van der Waals surface area (Å²) in [5.41, 5.74) is 7.31. The van der Waals surface area contributed by atoms with Gasteiger partial charge in [0.2, 0.25) is 0 Å². The summed E-state index contributed by atoms with van der Waals surface area (Å²) >= 11 is 2.00. The number of hydrogen-bond acceptors (Lipinski definition) is 4. The number of thioether (sulfide) groups is 1. The second-order valence-corrected chi connectivity index (χ2v) is 7.26. The van der Waals surface area contributed by atoms with Gasteiger partial charge in [-0.25, -0.2) is 0 Å². The third-order valence-corrected chi connectivity index (χ3v) is 5.79. The van der Waals surface area contributed by atoms with Crippen molar-refractivity contribution in [3.05, 3.63) is 29.8 Å². The second-order valence-electron chi connectivity index (χ2n) is 6.15. The van der Waals surface area contributed by atoms with Gasteiger partial charge in [0.05, 0.1) is 12.2 Å². The smallest absolute Gasteiger partial charge is 0.119 e. The van der Waals surface area contributed by atoms with E-state index < -0.39 is 0 Å². The van der Waals surface area contributed by atoms with Crippen molar-refractivity contribution in [3.8, 4) is 5.75 Å². The fourth-order valence-corrected chi connectivity index (χ4v) is 4.55. The van der Waals surface area contributed by atoms with Crippen LogP contribution in [0.1, 0.15) is 44.2 Å². The summed E-state index contributed by atoms with van der Waals surface area (Å²) in [6.45, 7) is 2.93. The van der Waals surface area contributed by atoms with Gasteiger partial charge >= 0.3 is 0 Å². The van der Waals surface area contributed by atoms with Crippen molar-refractivity contribution in [2.24, 2.45) is 5.73 Å². The Balaban J connectivity index is 1.60. The fraction of sp³-hybridized carbons (Fsp3) is 0.647. The molecule has 2 aliphatic heterocycles. The van der Waals surface area contributed by atoms with Gasteiger partial charge in [-0.2, -0.15) is 11.8 Å². The molecule has 0 bridgehead atoms. The van der Waals surface area contributed by atoms with Crippen molar-refractivity contribution in [2.45, 2.75) is 50.4 Å². The molecule has 2 N–H and O–H groups in total. The lowest BCUT2D eigenvalue weighted by molar-refractivity contribution is -0.0958. The van der Waals surface area contributed by atoms with Crippen LogP contribution in [0.2, 0.25) is 0 Å². The zero-order valence-electron chi connectivity index (χ0n) is 12.7. The Hall–Kier alpha value is -0.710. The lowest BCUT2D eigenvalue weighted by Gasteiger charge is -2.37. The van der Waals surface area contributed by atoms with E-state index in [2.05, 4.69) is 31.2 Å². The van der Waals surface area contributed by atoms with Crippen LogP contribution in [0.3, 0.4) is 0 Å². The molecule has 0 saturated carbocycles. The van der Waals surface area contributed by atoms with Crippen LogP contribution in [0.5, 0.6) is 5.75 Å². The van der Waals surface area contributed by atoms with Crippen LogP contribution in [0, 0.1) is 0 Å². The van der Waals surface area contributed by atoms with Crippen LogP contribution in [0.15, 0.2) is 24.3 Å². The molecular formula is C17H25NO2S. The van der Waals surface area contributed by atoms with Crippen LogP contribution in [0.25, 0.3) is 0 Å². The van der Waals surface area contributed by atoms with Crippen molar-refractivity contribution in [3.63, 3.8) is 0 Å². The number of hydrogen-bond donors (Lipinski definition) is 1. The highest BCUT2D eigenvalue weighted by molar-refractivity contribution is 7.99. The molecule has 3 unspecified atom stereocenters. The van der Waals surface area contributed by atoms with Gasteiger partial charge in [-0.05, 0) is 36.3 Å². The topological polar surface area (TPSA) is 44.5 Å². The number of benzene rings is 1. The van der Waals surface area contributed by atoms with E-state index >= 15 is 0 Å². The summed E-state index contributed by atoms with van der Waals surface area (Å²) < 4.78 is 12.2. The summed E-state index contributed by atoms with van der Waals surface area (Å²) in [7, 11) is 0. The largest absolute Gasteiger partial charge is 0.490 e. The normalized spacial score (nSPS) is 30.5. The highest BCUT2D eigenvalue weighted by Gasteiger charge is 2.41. The van der Waals surface area contributed by atoms with E-state index in [0.29, 0.717) is 0 Å². The van der Waals surface area contributed by atoms with E-state index in [0.717, 1.165) is 37.4 Å². The van der Waals surface area contributed by atoms with Crippen LogP contribution < -0.4 is 10.5 Å². The first-order chi connectivity index (χ1) is 10.2. The summed E-state index contributed by atoms with van der Waals surface area (Å²) in [6, 6.07) is 8.40. The van der Waals surface area contributed by atoms with Gasteiger partial charge in [-0.3, -0.25) is 0 Å². The van der Waals surface area contributed by atoms with Gasteiger partial charge < -0.3 is 15.2 Å². The number of rotatable bonds is 4. The van der Waals surface area contributed by atoms with E-state index in [4.69, 9.17) is 15.2 Å². The van der Waals surface area contributed by atoms with Gasteiger partial charge in [-0.1, -0.05) is 19.1 Å². The molecule has 2 heterocycles. The van der Waals surface area contributed by atoms with E-state index in [1.807, 2.05) is 11.8 Å². The molecule has 2 saturated heterocycles. The summed E-state index contributed by atoms with van der Waals surface area (Å²) in [4.78, 5) is 0. The average molecular weight is 307 g/mol. The number of nitrogens with two attached hydrogens (primary N) is 1. The second kappa shape index (κ2) is 6.59. The van der Waals surface area contributed by atoms with Crippen molar-refractivity contribution in [1.82, 2.24) is 0 Å². The van der Waals surface area contributed by atoms with Gasteiger partial charge in [0, 0.05) is 24.6 Å². The van der Waals surface area contributed by atoms with Gasteiger partial charge in [0.15, 0.2) is 0 Å². The molecule has 2 aliphatic rings. The third kappa shape index (κ3) is 3.55. The Bertz CT molecular complexity index is 456. The predicted molar refractivity (Wildman–Crippen MR) is 87.9 cm³/mol. The predicted octanol–water partition coefficient (Wildman–Crippen LogP) is 3.53. The molecule has 3 nitrogen and oxygen atoms in total. The first-order valence-corrected chi connectivity index (χ1v) is 9.10. The zero-order chi connectivity index (χ0) is 14.7. The molecule has 1 aromatic carbocycles. The van der Waals surface area contributed by atoms with Crippen LogP contribution in [-0.2, 0) is 4.74 Å². The Morgan fingerprint density at radius 3 is 2.90 bits per heavy atom. The van der Waals surface area contributed by atoms with Crippen molar-refractivity contribution < 1.29 is 9.47 Å². The molecule has 3 rings (SSSR count). The molecule has 1 spiro atoms. The molecule has 3 atom stereocenters. The van der Waals surface area contributed by atoms with Crippen LogP contribution >= 0.6 is 11.8 Å². The molecule has 0 amide bonds. The molecule has 21 heavy (non-hydrogen) atoms. The minimum atomic E-state index is 0.0814. The Morgan fingerprint density at radius 1 is 1.43 bits per heavy atom. The fourth-order valence-electron chi connectivity index (χ4n) is 3.17.